The van der Waals surface area contributed by atoms with E-state index < -0.39 is 0 Å². The van der Waals surface area contributed by atoms with Crippen molar-refractivity contribution < 1.29 is 4.74 Å². The number of halogens is 1. The zero-order valence-corrected chi connectivity index (χ0v) is 18.8. The molecule has 0 spiro atoms. The van der Waals surface area contributed by atoms with Gasteiger partial charge in [-0.25, -0.2) is 4.68 Å². The van der Waals surface area contributed by atoms with Crippen molar-refractivity contribution in [2.45, 2.75) is 17.3 Å². The fourth-order valence-electron chi connectivity index (χ4n) is 4.18. The van der Waals surface area contributed by atoms with E-state index in [1.807, 2.05) is 53.4 Å². The molecule has 2 aromatic carbocycles. The number of ether oxygens (including phenoxy) is 1. The van der Waals surface area contributed by atoms with Crippen LogP contribution in [-0.4, -0.2) is 21.0 Å². The van der Waals surface area contributed by atoms with Crippen LogP contribution in [0.2, 0.25) is 5.02 Å². The molecule has 4 heterocycles. The maximum absolute atomic E-state index is 6.60. The number of rotatable bonds is 3. The third kappa shape index (κ3) is 3.07. The van der Waals surface area contributed by atoms with Gasteiger partial charge in [0.15, 0.2) is 0 Å². The van der Waals surface area contributed by atoms with Gasteiger partial charge in [0.05, 0.1) is 5.70 Å². The van der Waals surface area contributed by atoms with E-state index in [0.29, 0.717) is 5.02 Å². The quantitative estimate of drug-likeness (QED) is 0.362. The summed E-state index contributed by atoms with van der Waals surface area (Å²) in [5, 5.41) is 11.9. The monoisotopic (exact) mass is 464 g/mol. The molecule has 8 heteroatoms. The van der Waals surface area contributed by atoms with Crippen molar-refractivity contribution >= 4 is 46.3 Å². The second-order valence-electron chi connectivity index (χ2n) is 7.29. The molecule has 154 valence electrons. The molecule has 0 unspecified atom stereocenters. The molecule has 2 aliphatic heterocycles. The van der Waals surface area contributed by atoms with Crippen molar-refractivity contribution in [2.24, 2.45) is 0 Å². The highest BCUT2D eigenvalue weighted by molar-refractivity contribution is 7.98. The van der Waals surface area contributed by atoms with Gasteiger partial charge in [-0.05, 0) is 47.5 Å². The summed E-state index contributed by atoms with van der Waals surface area (Å²) in [5.74, 6) is 1.59. The lowest BCUT2D eigenvalue weighted by Gasteiger charge is -2.38. The summed E-state index contributed by atoms with van der Waals surface area (Å²) in [4.78, 5) is 5.91. The van der Waals surface area contributed by atoms with Gasteiger partial charge in [0.2, 0.25) is 11.1 Å². The molecule has 0 aliphatic carbocycles. The number of para-hydroxylation sites is 1. The number of aromatic nitrogens is 3. The van der Waals surface area contributed by atoms with Crippen molar-refractivity contribution in [3.05, 3.63) is 92.6 Å². The normalized spacial score (nSPS) is 19.2. The minimum absolute atomic E-state index is 0.117. The Kier molecular flexibility index (Phi) is 4.56. The standard InChI is InChI=1S/C23H17ClN4OS2/c1-30-23-26-22-25-19-15-5-2-3-6-16(15)29-21(13-8-10-14(24)11-9-13)18(19)20(28(22)27-23)17-7-4-12-31-17/h2-12,20-21H,1H3,(H,25,26,27)/t20-,21+/m1/s1. The number of thiophene rings is 1. The van der Waals surface area contributed by atoms with E-state index in [2.05, 4.69) is 28.9 Å². The zero-order chi connectivity index (χ0) is 20.9. The third-order valence-electron chi connectivity index (χ3n) is 5.53. The van der Waals surface area contributed by atoms with Crippen molar-refractivity contribution in [1.82, 2.24) is 14.8 Å². The van der Waals surface area contributed by atoms with Crippen LogP contribution in [-0.2, 0) is 0 Å². The predicted molar refractivity (Wildman–Crippen MR) is 126 cm³/mol. The number of benzene rings is 2. The molecule has 2 atom stereocenters. The van der Waals surface area contributed by atoms with Crippen LogP contribution in [0.1, 0.15) is 28.1 Å². The lowest BCUT2D eigenvalue weighted by molar-refractivity contribution is 0.223. The molecule has 0 amide bonds. The number of nitrogens with one attached hydrogen (secondary N) is 1. The SMILES string of the molecule is CSc1nc2n(n1)[C@H](c1cccs1)C1=C(N2)c2ccccc2O[C@H]1c1ccc(Cl)cc1. The Bertz CT molecular complexity index is 1300. The van der Waals surface area contributed by atoms with E-state index >= 15 is 0 Å². The van der Waals surface area contributed by atoms with E-state index in [1.165, 1.54) is 16.6 Å². The first kappa shape index (κ1) is 19.0. The largest absolute Gasteiger partial charge is 0.480 e. The summed E-state index contributed by atoms with van der Waals surface area (Å²) in [6.07, 6.45) is 1.71. The number of thioether (sulfide) groups is 1. The molecule has 0 saturated heterocycles. The Morgan fingerprint density at radius 1 is 1.10 bits per heavy atom. The summed E-state index contributed by atoms with van der Waals surface area (Å²) in [7, 11) is 0. The Morgan fingerprint density at radius 3 is 2.71 bits per heavy atom. The Hall–Kier alpha value is -2.74. The van der Waals surface area contributed by atoms with Crippen LogP contribution in [0.15, 0.2) is 76.8 Å². The molecule has 2 aromatic heterocycles. The van der Waals surface area contributed by atoms with Crippen LogP contribution in [0.3, 0.4) is 0 Å². The van der Waals surface area contributed by atoms with Crippen LogP contribution < -0.4 is 10.1 Å². The Morgan fingerprint density at radius 2 is 1.94 bits per heavy atom. The minimum atomic E-state index is -0.281. The number of fused-ring (bicyclic) bond motifs is 3. The van der Waals surface area contributed by atoms with Gasteiger partial charge in [0, 0.05) is 21.0 Å². The molecular weight excluding hydrogens is 448 g/mol. The van der Waals surface area contributed by atoms with Crippen LogP contribution in [0.4, 0.5) is 5.95 Å². The lowest BCUT2D eigenvalue weighted by Crippen LogP contribution is -2.32. The van der Waals surface area contributed by atoms with E-state index in [1.54, 1.807) is 11.3 Å². The number of hydrogen-bond acceptors (Lipinski definition) is 6. The molecule has 4 aromatic rings. The maximum Gasteiger partial charge on any atom is 0.227 e. The highest BCUT2D eigenvalue weighted by atomic mass is 35.5. The molecule has 0 bridgehead atoms. The number of hydrogen-bond donors (Lipinski definition) is 1. The molecular formula is C23H17ClN4OS2. The first-order valence-corrected chi connectivity index (χ1v) is 12.3. The van der Waals surface area contributed by atoms with Crippen LogP contribution in [0.5, 0.6) is 5.75 Å². The number of nitrogens with zero attached hydrogens (tertiary/aromatic N) is 3. The van der Waals surface area contributed by atoms with Gasteiger partial charge in [-0.3, -0.25) is 0 Å². The first-order chi connectivity index (χ1) is 15.2. The molecule has 31 heavy (non-hydrogen) atoms. The highest BCUT2D eigenvalue weighted by Gasteiger charge is 2.41. The van der Waals surface area contributed by atoms with E-state index in [9.17, 15) is 0 Å². The van der Waals surface area contributed by atoms with E-state index in [-0.39, 0.29) is 12.1 Å². The Labute approximate surface area is 192 Å². The predicted octanol–water partition coefficient (Wildman–Crippen LogP) is 6.27. The summed E-state index contributed by atoms with van der Waals surface area (Å²) in [6.45, 7) is 0. The second kappa shape index (κ2) is 7.44. The fourth-order valence-corrected chi connectivity index (χ4v) is 5.48. The van der Waals surface area contributed by atoms with Gasteiger partial charge >= 0.3 is 0 Å². The van der Waals surface area contributed by atoms with E-state index in [0.717, 1.165) is 39.3 Å². The smallest absolute Gasteiger partial charge is 0.227 e. The van der Waals surface area contributed by atoms with Gasteiger partial charge in [-0.1, -0.05) is 53.7 Å². The van der Waals surface area contributed by atoms with Crippen LogP contribution >= 0.6 is 34.7 Å². The summed E-state index contributed by atoms with van der Waals surface area (Å²) in [6, 6.07) is 20.1. The van der Waals surface area contributed by atoms with Gasteiger partial charge in [-0.2, -0.15) is 4.98 Å². The molecule has 0 saturated carbocycles. The Balaban J connectivity index is 1.62. The maximum atomic E-state index is 6.60. The minimum Gasteiger partial charge on any atom is -0.480 e. The average Bonchev–Trinajstić information content (AvgIpc) is 3.47. The van der Waals surface area contributed by atoms with Crippen molar-refractivity contribution in [3.63, 3.8) is 0 Å². The van der Waals surface area contributed by atoms with Gasteiger partial charge < -0.3 is 10.1 Å². The van der Waals surface area contributed by atoms with Gasteiger partial charge in [-0.15, -0.1) is 16.4 Å². The molecule has 2 aliphatic rings. The number of anilines is 1. The molecule has 0 fully saturated rings. The van der Waals surface area contributed by atoms with Gasteiger partial charge in [0.25, 0.3) is 0 Å². The zero-order valence-electron chi connectivity index (χ0n) is 16.4. The van der Waals surface area contributed by atoms with Gasteiger partial charge in [0.1, 0.15) is 17.9 Å². The summed E-state index contributed by atoms with van der Waals surface area (Å²) in [5.41, 5.74) is 4.23. The van der Waals surface area contributed by atoms with Crippen LogP contribution in [0, 0.1) is 0 Å². The summed E-state index contributed by atoms with van der Waals surface area (Å²) < 4.78 is 8.58. The van der Waals surface area contributed by atoms with Crippen LogP contribution in [0.25, 0.3) is 5.70 Å². The van der Waals surface area contributed by atoms with Crippen molar-refractivity contribution in [1.29, 1.82) is 0 Å². The summed E-state index contributed by atoms with van der Waals surface area (Å²) >= 11 is 9.42. The highest BCUT2D eigenvalue weighted by Crippen LogP contribution is 2.51. The molecule has 1 N–H and O–H groups in total. The molecule has 0 radical (unpaired) electrons. The fraction of sp³-hybridized carbons (Fsp3) is 0.130. The first-order valence-electron chi connectivity index (χ1n) is 9.79. The van der Waals surface area contributed by atoms with Crippen molar-refractivity contribution in [3.8, 4) is 5.75 Å². The average molecular weight is 465 g/mol. The molecule has 6 rings (SSSR count). The topological polar surface area (TPSA) is 52.0 Å². The molecule has 5 nitrogen and oxygen atoms in total. The second-order valence-corrected chi connectivity index (χ2v) is 9.47. The third-order valence-corrected chi connectivity index (χ3v) is 7.24. The lowest BCUT2D eigenvalue weighted by atomic mass is 9.87. The van der Waals surface area contributed by atoms with Crippen molar-refractivity contribution in [2.75, 3.05) is 11.6 Å². The van der Waals surface area contributed by atoms with E-state index in [4.69, 9.17) is 26.4 Å².